The van der Waals surface area contributed by atoms with Gasteiger partial charge in [-0.05, 0) is 41.5 Å². The number of halogens is 3. The van der Waals surface area contributed by atoms with Gasteiger partial charge in [-0.25, -0.2) is 4.98 Å². The van der Waals surface area contributed by atoms with Crippen molar-refractivity contribution in [3.05, 3.63) is 78.0 Å². The Kier molecular flexibility index (Phi) is 6.18. The molecule has 0 amide bonds. The van der Waals surface area contributed by atoms with E-state index in [2.05, 4.69) is 15.3 Å². The van der Waals surface area contributed by atoms with Crippen molar-refractivity contribution in [3.8, 4) is 22.8 Å². The number of hydrogen-bond donors (Lipinski definition) is 1. The molecule has 0 aliphatic carbocycles. The van der Waals surface area contributed by atoms with Crippen molar-refractivity contribution in [1.29, 1.82) is 0 Å². The van der Waals surface area contributed by atoms with Crippen molar-refractivity contribution in [2.24, 2.45) is 4.99 Å². The standard InChI is InChI=1S/C23H20F3N3O2/c24-23(25,26)19-7-4-16(5-8-19)17-6-9-20-18(13-17)14-27-15-22(31-20)29-11-12-30-21-3-1-2-10-28-21/h1-10,13-14,22,29H,11-12,15H2. The number of hydrogen-bond acceptors (Lipinski definition) is 5. The maximum Gasteiger partial charge on any atom is 0.416 e. The second-order valence-corrected chi connectivity index (χ2v) is 6.90. The topological polar surface area (TPSA) is 55.7 Å². The van der Waals surface area contributed by atoms with E-state index in [4.69, 9.17) is 9.47 Å². The number of rotatable bonds is 6. The lowest BCUT2D eigenvalue weighted by Gasteiger charge is -2.18. The van der Waals surface area contributed by atoms with Crippen LogP contribution in [0.25, 0.3) is 11.1 Å². The van der Waals surface area contributed by atoms with Gasteiger partial charge in [0, 0.05) is 30.6 Å². The number of aromatic nitrogens is 1. The molecular weight excluding hydrogens is 407 g/mol. The fraction of sp³-hybridized carbons (Fsp3) is 0.217. The van der Waals surface area contributed by atoms with Crippen molar-refractivity contribution in [2.45, 2.75) is 12.4 Å². The van der Waals surface area contributed by atoms with Crippen LogP contribution in [0.2, 0.25) is 0 Å². The van der Waals surface area contributed by atoms with Crippen LogP contribution in [0.4, 0.5) is 13.2 Å². The smallest absolute Gasteiger partial charge is 0.416 e. The predicted molar refractivity (Wildman–Crippen MR) is 111 cm³/mol. The van der Waals surface area contributed by atoms with Crippen LogP contribution in [0.3, 0.4) is 0 Å². The highest BCUT2D eigenvalue weighted by Crippen LogP contribution is 2.32. The maximum atomic E-state index is 12.8. The van der Waals surface area contributed by atoms with Crippen molar-refractivity contribution >= 4 is 6.21 Å². The van der Waals surface area contributed by atoms with Gasteiger partial charge in [-0.15, -0.1) is 0 Å². The summed E-state index contributed by atoms with van der Waals surface area (Å²) in [6, 6.07) is 16.0. The highest BCUT2D eigenvalue weighted by Gasteiger charge is 2.30. The molecule has 1 N–H and O–H groups in total. The summed E-state index contributed by atoms with van der Waals surface area (Å²) in [6.45, 7) is 1.41. The van der Waals surface area contributed by atoms with Gasteiger partial charge in [0.05, 0.1) is 12.1 Å². The number of alkyl halides is 3. The second kappa shape index (κ2) is 9.18. The van der Waals surface area contributed by atoms with Crippen LogP contribution >= 0.6 is 0 Å². The zero-order valence-corrected chi connectivity index (χ0v) is 16.5. The average molecular weight is 427 g/mol. The lowest BCUT2D eigenvalue weighted by atomic mass is 10.0. The molecule has 1 aromatic heterocycles. The van der Waals surface area contributed by atoms with E-state index >= 15 is 0 Å². The van der Waals surface area contributed by atoms with E-state index in [-0.39, 0.29) is 6.23 Å². The molecule has 3 aromatic rings. The SMILES string of the molecule is FC(F)(F)c1ccc(-c2ccc3c(c2)C=NCC(NCCOc2ccccn2)O3)cc1. The molecule has 8 heteroatoms. The van der Waals surface area contributed by atoms with Crippen LogP contribution in [0.1, 0.15) is 11.1 Å². The molecule has 1 aliphatic heterocycles. The molecule has 31 heavy (non-hydrogen) atoms. The Morgan fingerprint density at radius 3 is 2.58 bits per heavy atom. The van der Waals surface area contributed by atoms with Gasteiger partial charge in [0.25, 0.3) is 0 Å². The molecule has 1 atom stereocenters. The summed E-state index contributed by atoms with van der Waals surface area (Å²) in [6.07, 6.45) is -1.28. The number of nitrogens with zero attached hydrogens (tertiary/aromatic N) is 2. The van der Waals surface area contributed by atoms with Gasteiger partial charge in [-0.1, -0.05) is 24.3 Å². The van der Waals surface area contributed by atoms with Crippen LogP contribution in [0, 0.1) is 0 Å². The molecule has 0 saturated carbocycles. The molecule has 1 aliphatic rings. The minimum atomic E-state index is -4.35. The number of aliphatic imine (C=N–C) groups is 1. The van der Waals surface area contributed by atoms with Crippen molar-refractivity contribution < 1.29 is 22.6 Å². The fourth-order valence-corrected chi connectivity index (χ4v) is 3.14. The van der Waals surface area contributed by atoms with E-state index in [1.54, 1.807) is 24.5 Å². The molecule has 2 aromatic carbocycles. The summed E-state index contributed by atoms with van der Waals surface area (Å²) >= 11 is 0. The molecule has 160 valence electrons. The number of nitrogens with one attached hydrogen (secondary N) is 1. The zero-order valence-electron chi connectivity index (χ0n) is 16.5. The number of fused-ring (bicyclic) bond motifs is 1. The van der Waals surface area contributed by atoms with E-state index in [9.17, 15) is 13.2 Å². The summed E-state index contributed by atoms with van der Waals surface area (Å²) < 4.78 is 49.9. The van der Waals surface area contributed by atoms with Gasteiger partial charge < -0.3 is 9.47 Å². The van der Waals surface area contributed by atoms with E-state index < -0.39 is 11.7 Å². The Hall–Kier alpha value is -3.39. The highest BCUT2D eigenvalue weighted by atomic mass is 19.4. The van der Waals surface area contributed by atoms with Gasteiger partial charge in [0.2, 0.25) is 5.88 Å². The largest absolute Gasteiger partial charge is 0.476 e. The lowest BCUT2D eigenvalue weighted by Crippen LogP contribution is -2.39. The average Bonchev–Trinajstić information content (AvgIpc) is 2.98. The van der Waals surface area contributed by atoms with Crippen LogP contribution in [-0.2, 0) is 6.18 Å². The summed E-state index contributed by atoms with van der Waals surface area (Å²) in [5.74, 6) is 1.21. The molecule has 0 saturated heterocycles. The molecular formula is C23H20F3N3O2. The molecule has 1 unspecified atom stereocenters. The molecule has 4 rings (SSSR count). The first kappa shape index (κ1) is 20.9. The van der Waals surface area contributed by atoms with Crippen LogP contribution in [-0.4, -0.2) is 37.1 Å². The Balaban J connectivity index is 1.37. The van der Waals surface area contributed by atoms with Gasteiger partial charge >= 0.3 is 6.18 Å². The lowest BCUT2D eigenvalue weighted by molar-refractivity contribution is -0.137. The quantitative estimate of drug-likeness (QED) is 0.586. The predicted octanol–water partition coefficient (Wildman–Crippen LogP) is 4.57. The first-order chi connectivity index (χ1) is 15.0. The Labute approximate surface area is 177 Å². The van der Waals surface area contributed by atoms with Gasteiger partial charge in [0.1, 0.15) is 12.4 Å². The summed E-state index contributed by atoms with van der Waals surface area (Å²) in [5.41, 5.74) is 1.58. The van der Waals surface area contributed by atoms with Crippen molar-refractivity contribution in [3.63, 3.8) is 0 Å². The van der Waals surface area contributed by atoms with E-state index in [1.165, 1.54) is 12.1 Å². The fourth-order valence-electron chi connectivity index (χ4n) is 3.14. The molecule has 0 bridgehead atoms. The summed E-state index contributed by atoms with van der Waals surface area (Å²) in [4.78, 5) is 8.49. The first-order valence-corrected chi connectivity index (χ1v) is 9.74. The Morgan fingerprint density at radius 2 is 1.84 bits per heavy atom. The number of pyridine rings is 1. The minimum Gasteiger partial charge on any atom is -0.476 e. The zero-order chi connectivity index (χ0) is 21.7. The molecule has 0 fully saturated rings. The van der Waals surface area contributed by atoms with Crippen molar-refractivity contribution in [1.82, 2.24) is 10.3 Å². The summed E-state index contributed by atoms with van der Waals surface area (Å²) in [5, 5.41) is 3.24. The molecule has 0 radical (unpaired) electrons. The molecule has 0 spiro atoms. The Bertz CT molecular complexity index is 1040. The molecule has 5 nitrogen and oxygen atoms in total. The molecule has 2 heterocycles. The third-order valence-corrected chi connectivity index (χ3v) is 4.69. The minimum absolute atomic E-state index is 0.318. The third kappa shape index (κ3) is 5.40. The van der Waals surface area contributed by atoms with Crippen molar-refractivity contribution in [2.75, 3.05) is 19.7 Å². The van der Waals surface area contributed by atoms with Gasteiger partial charge in [0.15, 0.2) is 6.23 Å². The Morgan fingerprint density at radius 1 is 1.03 bits per heavy atom. The number of ether oxygens (including phenoxy) is 2. The van der Waals surface area contributed by atoms with Gasteiger partial charge in [-0.3, -0.25) is 10.3 Å². The van der Waals surface area contributed by atoms with E-state index in [1.807, 2.05) is 24.3 Å². The third-order valence-electron chi connectivity index (χ3n) is 4.69. The van der Waals surface area contributed by atoms with Crippen LogP contribution in [0.15, 0.2) is 71.9 Å². The van der Waals surface area contributed by atoms with Crippen LogP contribution < -0.4 is 14.8 Å². The monoisotopic (exact) mass is 427 g/mol. The van der Waals surface area contributed by atoms with Crippen LogP contribution in [0.5, 0.6) is 11.6 Å². The van der Waals surface area contributed by atoms with Gasteiger partial charge in [-0.2, -0.15) is 13.2 Å². The highest BCUT2D eigenvalue weighted by molar-refractivity contribution is 5.86. The van der Waals surface area contributed by atoms with E-state index in [0.29, 0.717) is 36.9 Å². The first-order valence-electron chi connectivity index (χ1n) is 9.74. The normalized spacial score (nSPS) is 15.6. The number of benzene rings is 2. The second-order valence-electron chi connectivity index (χ2n) is 6.90. The van der Waals surface area contributed by atoms with E-state index in [0.717, 1.165) is 23.3 Å². The summed E-state index contributed by atoms with van der Waals surface area (Å²) in [7, 11) is 0. The maximum absolute atomic E-state index is 12.8.